The van der Waals surface area contributed by atoms with Crippen LogP contribution >= 0.6 is 0 Å². The Morgan fingerprint density at radius 2 is 1.37 bits per heavy atom. The third-order valence-electron chi connectivity index (χ3n) is 8.96. The first kappa shape index (κ1) is 22.4. The van der Waals surface area contributed by atoms with E-state index in [1.54, 1.807) is 0 Å². The van der Waals surface area contributed by atoms with Gasteiger partial charge in [0.2, 0.25) is 0 Å². The summed E-state index contributed by atoms with van der Waals surface area (Å²) < 4.78 is 23.4. The van der Waals surface area contributed by atoms with Crippen molar-refractivity contribution in [2.45, 2.75) is 38.9 Å². The lowest BCUT2D eigenvalue weighted by Gasteiger charge is -2.45. The fourth-order valence-corrected chi connectivity index (χ4v) is 6.58. The van der Waals surface area contributed by atoms with E-state index in [4.69, 9.17) is 9.31 Å². The zero-order valence-electron chi connectivity index (χ0n) is 21.6. The number of aromatic nitrogens is 4. The normalized spacial score (nSPS) is 24.3. The lowest BCUT2D eigenvalue weighted by Crippen LogP contribution is -3.02. The number of aryl methyl sites for hydroxylation is 2. The van der Waals surface area contributed by atoms with Gasteiger partial charge in [-0.2, -0.15) is 10.9 Å². The van der Waals surface area contributed by atoms with Gasteiger partial charge in [0.25, 0.3) is 0 Å². The van der Waals surface area contributed by atoms with Gasteiger partial charge in [-0.1, -0.05) is 60.7 Å². The second-order valence-electron chi connectivity index (χ2n) is 11.4. The molecule has 178 valence electrons. The Balaban J connectivity index is 1.72. The zero-order chi connectivity index (χ0) is 24.6. The van der Waals surface area contributed by atoms with Gasteiger partial charge in [-0.15, -0.1) is 0 Å². The first-order valence-electron chi connectivity index (χ1n) is 12.6. The van der Waals surface area contributed by atoms with E-state index in [0.717, 1.165) is 0 Å². The summed E-state index contributed by atoms with van der Waals surface area (Å²) in [4.78, 5) is 0. The first-order valence-corrected chi connectivity index (χ1v) is 12.6. The molecule has 0 bridgehead atoms. The fourth-order valence-electron chi connectivity index (χ4n) is 6.58. The highest BCUT2D eigenvalue weighted by Gasteiger charge is 2.65. The van der Waals surface area contributed by atoms with E-state index >= 15 is 0 Å². The van der Waals surface area contributed by atoms with E-state index in [0.29, 0.717) is 0 Å². The van der Waals surface area contributed by atoms with Gasteiger partial charge in [-0.3, -0.25) is 9.13 Å². The average Bonchev–Trinajstić information content (AvgIpc) is 3.48. The Labute approximate surface area is 208 Å². The second kappa shape index (κ2) is 7.49. The third-order valence-corrected chi connectivity index (χ3v) is 8.96. The van der Waals surface area contributed by atoms with Gasteiger partial charge in [-0.05, 0) is 27.7 Å². The van der Waals surface area contributed by atoms with Gasteiger partial charge in [0.15, 0.2) is 0 Å². The highest BCUT2D eigenvalue weighted by atomic mass is 16.7. The monoisotopic (exact) mass is 466 g/mol. The smallest absolute Gasteiger partial charge is 0.355 e. The summed E-state index contributed by atoms with van der Waals surface area (Å²) in [5.41, 5.74) is 4.11. The van der Waals surface area contributed by atoms with Gasteiger partial charge in [0.05, 0.1) is 49.1 Å². The molecule has 6 nitrogen and oxygen atoms in total. The predicted molar refractivity (Wildman–Crippen MR) is 142 cm³/mol. The van der Waals surface area contributed by atoms with Crippen LogP contribution in [0.1, 0.15) is 27.7 Å². The van der Waals surface area contributed by atoms with Gasteiger partial charge in [0, 0.05) is 0 Å². The summed E-state index contributed by atoms with van der Waals surface area (Å²) >= 11 is 0. The van der Waals surface area contributed by atoms with Crippen LogP contribution in [0.5, 0.6) is 0 Å². The maximum absolute atomic E-state index is 6.91. The molecule has 0 N–H and O–H groups in total. The maximum Gasteiger partial charge on any atom is 0.355 e. The van der Waals surface area contributed by atoms with E-state index < -0.39 is 31.2 Å². The van der Waals surface area contributed by atoms with Crippen molar-refractivity contribution in [2.75, 3.05) is 0 Å². The number of rotatable bonds is 3. The molecule has 2 aromatic carbocycles. The van der Waals surface area contributed by atoms with E-state index in [1.807, 2.05) is 0 Å². The van der Waals surface area contributed by atoms with Crippen LogP contribution in [0, 0.1) is 0 Å². The molecule has 4 heterocycles. The Bertz CT molecular complexity index is 1380. The van der Waals surface area contributed by atoms with Crippen LogP contribution < -0.4 is 31.3 Å². The summed E-state index contributed by atoms with van der Waals surface area (Å²) in [5, 5.41) is 0. The molecule has 2 aliphatic rings. The number of hydrogen-bond acceptors (Lipinski definition) is 2. The largest absolute Gasteiger partial charge is 0.453 e. The topological polar surface area (TPSA) is 36.1 Å². The van der Waals surface area contributed by atoms with E-state index in [-0.39, 0.29) is 0 Å². The molecule has 2 aromatic heterocycles. The lowest BCUT2D eigenvalue weighted by molar-refractivity contribution is -0.572. The Hall–Kier alpha value is -3.03. The summed E-state index contributed by atoms with van der Waals surface area (Å²) in [7, 11) is 3.83. The molecule has 9 heteroatoms. The molecule has 35 heavy (non-hydrogen) atoms. The van der Waals surface area contributed by atoms with Crippen LogP contribution in [0.25, 0.3) is 0 Å². The zero-order valence-corrected chi connectivity index (χ0v) is 21.6. The molecule has 0 spiro atoms. The molecule has 0 aliphatic carbocycles. The molecule has 2 atom stereocenters. The summed E-state index contributed by atoms with van der Waals surface area (Å²) in [6, 6.07) is 21.6. The van der Waals surface area contributed by atoms with Crippen LogP contribution in [-0.4, -0.2) is 40.4 Å². The molecule has 0 radical (unpaired) electrons. The van der Waals surface area contributed by atoms with Crippen molar-refractivity contribution in [1.29, 1.82) is 0 Å². The van der Waals surface area contributed by atoms with E-state index in [2.05, 4.69) is 145 Å². The van der Waals surface area contributed by atoms with Gasteiger partial charge in [0.1, 0.15) is 12.4 Å². The summed E-state index contributed by atoms with van der Waals surface area (Å²) in [5.74, 6) is 0. The first-order chi connectivity index (χ1) is 16.7. The van der Waals surface area contributed by atoms with Crippen LogP contribution in [0.4, 0.5) is 0 Å². The molecule has 1 saturated heterocycles. The summed E-state index contributed by atoms with van der Waals surface area (Å²) in [6.45, 7) is 7.45. The van der Waals surface area contributed by atoms with E-state index in [9.17, 15) is 0 Å². The van der Waals surface area contributed by atoms with Gasteiger partial charge >= 0.3 is 20.0 Å². The average molecular weight is 466 g/mol. The maximum atomic E-state index is 6.91. The standard InChI is InChI=1S/C26H33B3N4O2/c1-25(2)26(3,4)35-28(34-25)29(22-15-11-8-12-16-22)24-31(6)17-19-32(24)27(21-13-9-7-10-14-21)23-30(5)18-20-33(23)29/h7-20,27H,1-6H3/t27-,29-/m0/s1. The Morgan fingerprint density at radius 1 is 0.800 bits per heavy atom. The number of benzene rings is 2. The van der Waals surface area contributed by atoms with Crippen molar-refractivity contribution in [3.8, 4) is 0 Å². The van der Waals surface area contributed by atoms with E-state index in [1.165, 1.54) is 22.4 Å². The molecule has 0 unspecified atom stereocenters. The number of nitrogens with zero attached hydrogens (tertiary/aromatic N) is 4. The number of hydrogen-bond donors (Lipinski definition) is 0. The molecular formula is C26H33B3N4O2. The van der Waals surface area contributed by atoms with Crippen molar-refractivity contribution < 1.29 is 18.3 Å². The molecule has 2 aliphatic heterocycles. The van der Waals surface area contributed by atoms with Crippen molar-refractivity contribution >= 4 is 42.4 Å². The second-order valence-corrected chi connectivity index (χ2v) is 11.4. The van der Waals surface area contributed by atoms with Crippen molar-refractivity contribution in [1.82, 2.24) is 9.13 Å². The van der Waals surface area contributed by atoms with Crippen LogP contribution in [0.2, 0.25) is 0 Å². The Morgan fingerprint density at radius 3 is 2.00 bits per heavy atom. The SMILES string of the molecule is Cn1cc[n+]2c1[B@-](B1OC(C)(C)C(C)(C)O1)(c1ccccc1)[n+]1ccn(C)c1[B@@H-]2c1ccccc1. The molecule has 4 aromatic rings. The highest BCUT2D eigenvalue weighted by molar-refractivity contribution is 7.36. The summed E-state index contributed by atoms with van der Waals surface area (Å²) in [6.07, 6.45) is 7.12. The van der Waals surface area contributed by atoms with Crippen LogP contribution in [0.15, 0.2) is 85.5 Å². The lowest BCUT2D eigenvalue weighted by atomic mass is 9.08. The van der Waals surface area contributed by atoms with Gasteiger partial charge < -0.3 is 18.3 Å². The number of imidazole rings is 2. The molecule has 6 rings (SSSR count). The number of fused-ring (bicyclic) bond motifs is 2. The van der Waals surface area contributed by atoms with Crippen molar-refractivity contribution in [3.05, 3.63) is 85.5 Å². The van der Waals surface area contributed by atoms with Crippen LogP contribution in [-0.2, 0) is 23.4 Å². The molecule has 0 saturated carbocycles. The highest BCUT2D eigenvalue weighted by Crippen LogP contribution is 2.38. The molecule has 1 fully saturated rings. The Kier molecular flexibility index (Phi) is 4.80. The molecule has 0 amide bonds. The van der Waals surface area contributed by atoms with Crippen molar-refractivity contribution in [2.24, 2.45) is 14.1 Å². The van der Waals surface area contributed by atoms with Crippen LogP contribution in [0.3, 0.4) is 0 Å². The fraction of sp³-hybridized carbons (Fsp3) is 0.308. The quantitative estimate of drug-likeness (QED) is 0.379. The van der Waals surface area contributed by atoms with Crippen molar-refractivity contribution in [3.63, 3.8) is 0 Å². The molecular weight excluding hydrogens is 433 g/mol. The minimum absolute atomic E-state index is 0.449. The predicted octanol–water partition coefficient (Wildman–Crippen LogP) is -0.583. The minimum Gasteiger partial charge on any atom is -0.453 e. The van der Waals surface area contributed by atoms with Gasteiger partial charge in [-0.25, -0.2) is 0 Å². The minimum atomic E-state index is -1.70. The third kappa shape index (κ3) is 2.94.